The Hall–Kier alpha value is -1.62. The molecule has 0 unspecified atom stereocenters. The van der Waals surface area contributed by atoms with Crippen molar-refractivity contribution in [1.82, 2.24) is 5.32 Å². The van der Waals surface area contributed by atoms with Gasteiger partial charge in [0, 0.05) is 18.7 Å². The third-order valence-electron chi connectivity index (χ3n) is 2.96. The van der Waals surface area contributed by atoms with Crippen molar-refractivity contribution in [3.05, 3.63) is 64.4 Å². The number of hydrogen-bond donors (Lipinski definition) is 2. The van der Waals surface area contributed by atoms with Gasteiger partial charge in [-0.2, -0.15) is 0 Å². The highest BCUT2D eigenvalue weighted by Gasteiger charge is 2.07. The molecule has 2 rings (SSSR count). The van der Waals surface area contributed by atoms with Crippen LogP contribution in [0.4, 0.5) is 4.39 Å². The molecule has 5 heteroatoms. The van der Waals surface area contributed by atoms with Crippen molar-refractivity contribution in [3.8, 4) is 5.75 Å². The monoisotopic (exact) mass is 309 g/mol. The van der Waals surface area contributed by atoms with E-state index in [0.29, 0.717) is 29.4 Å². The van der Waals surface area contributed by atoms with Crippen molar-refractivity contribution in [2.45, 2.75) is 13.2 Å². The molecule has 0 atom stereocenters. The van der Waals surface area contributed by atoms with Gasteiger partial charge in [0.2, 0.25) is 0 Å². The molecule has 0 heterocycles. The Balaban J connectivity index is 1.98. The lowest BCUT2D eigenvalue weighted by Crippen LogP contribution is -2.17. The molecule has 0 saturated heterocycles. The van der Waals surface area contributed by atoms with Crippen LogP contribution in [0.1, 0.15) is 11.1 Å². The molecule has 0 saturated carbocycles. The summed E-state index contributed by atoms with van der Waals surface area (Å²) in [5, 5.41) is 12.2. The standard InChI is InChI=1S/C16H17ClFNO2/c17-15-5-2-6-16(18)14(15)11-21-13-4-1-3-12(9-13)10-19-7-8-20/h1-6,9,19-20H,7-8,10-11H2. The van der Waals surface area contributed by atoms with Gasteiger partial charge in [-0.05, 0) is 29.8 Å². The van der Waals surface area contributed by atoms with Gasteiger partial charge in [0.25, 0.3) is 0 Å². The topological polar surface area (TPSA) is 41.5 Å². The molecule has 2 aromatic rings. The van der Waals surface area contributed by atoms with Crippen molar-refractivity contribution in [2.75, 3.05) is 13.2 Å². The van der Waals surface area contributed by atoms with Crippen LogP contribution < -0.4 is 10.1 Å². The van der Waals surface area contributed by atoms with Gasteiger partial charge in [-0.25, -0.2) is 4.39 Å². The van der Waals surface area contributed by atoms with E-state index in [1.165, 1.54) is 6.07 Å². The van der Waals surface area contributed by atoms with Gasteiger partial charge in [-0.3, -0.25) is 0 Å². The molecular weight excluding hydrogens is 293 g/mol. The van der Waals surface area contributed by atoms with Crippen LogP contribution in [0.5, 0.6) is 5.75 Å². The van der Waals surface area contributed by atoms with Gasteiger partial charge in [0.05, 0.1) is 11.6 Å². The maximum atomic E-state index is 13.6. The van der Waals surface area contributed by atoms with Crippen LogP contribution >= 0.6 is 11.6 Å². The number of hydrogen-bond acceptors (Lipinski definition) is 3. The van der Waals surface area contributed by atoms with Crippen LogP contribution in [0.3, 0.4) is 0 Å². The maximum absolute atomic E-state index is 13.6. The molecule has 0 spiro atoms. The number of nitrogens with one attached hydrogen (secondary N) is 1. The minimum Gasteiger partial charge on any atom is -0.489 e. The van der Waals surface area contributed by atoms with E-state index >= 15 is 0 Å². The largest absolute Gasteiger partial charge is 0.489 e. The molecule has 0 aliphatic rings. The van der Waals surface area contributed by atoms with Gasteiger partial charge in [-0.1, -0.05) is 29.8 Å². The molecular formula is C16H17ClFNO2. The highest BCUT2D eigenvalue weighted by atomic mass is 35.5. The zero-order valence-corrected chi connectivity index (χ0v) is 12.2. The summed E-state index contributed by atoms with van der Waals surface area (Å²) in [4.78, 5) is 0. The van der Waals surface area contributed by atoms with Crippen LogP contribution in [0.25, 0.3) is 0 Å². The lowest BCUT2D eigenvalue weighted by molar-refractivity contribution is 0.291. The summed E-state index contributed by atoms with van der Waals surface area (Å²) in [6.07, 6.45) is 0. The summed E-state index contributed by atoms with van der Waals surface area (Å²) >= 11 is 5.96. The van der Waals surface area contributed by atoms with Crippen molar-refractivity contribution < 1.29 is 14.2 Å². The highest BCUT2D eigenvalue weighted by molar-refractivity contribution is 6.31. The summed E-state index contributed by atoms with van der Waals surface area (Å²) < 4.78 is 19.2. The lowest BCUT2D eigenvalue weighted by Gasteiger charge is -2.10. The minimum atomic E-state index is -0.372. The number of benzene rings is 2. The zero-order valence-electron chi connectivity index (χ0n) is 11.5. The molecule has 3 nitrogen and oxygen atoms in total. The van der Waals surface area contributed by atoms with Crippen LogP contribution in [0.15, 0.2) is 42.5 Å². The van der Waals surface area contributed by atoms with Crippen molar-refractivity contribution in [3.63, 3.8) is 0 Å². The first-order valence-electron chi connectivity index (χ1n) is 6.67. The maximum Gasteiger partial charge on any atom is 0.131 e. The van der Waals surface area contributed by atoms with Crippen molar-refractivity contribution in [2.24, 2.45) is 0 Å². The van der Waals surface area contributed by atoms with Crippen LogP contribution in [-0.2, 0) is 13.2 Å². The van der Waals surface area contributed by atoms with Gasteiger partial charge >= 0.3 is 0 Å². The van der Waals surface area contributed by atoms with E-state index in [9.17, 15) is 4.39 Å². The molecule has 0 fully saturated rings. The number of aliphatic hydroxyl groups excluding tert-OH is 1. The summed E-state index contributed by atoms with van der Waals surface area (Å²) in [6.45, 7) is 1.36. The summed E-state index contributed by atoms with van der Waals surface area (Å²) in [5.74, 6) is 0.279. The van der Waals surface area contributed by atoms with E-state index < -0.39 is 0 Å². The third-order valence-corrected chi connectivity index (χ3v) is 3.32. The smallest absolute Gasteiger partial charge is 0.131 e. The predicted molar refractivity (Wildman–Crippen MR) is 81.0 cm³/mol. The first kappa shape index (κ1) is 15.8. The normalized spacial score (nSPS) is 10.6. The number of halogens is 2. The average molecular weight is 310 g/mol. The quantitative estimate of drug-likeness (QED) is 0.772. The minimum absolute atomic E-state index is 0.0824. The SMILES string of the molecule is OCCNCc1cccc(OCc2c(F)cccc2Cl)c1. The fourth-order valence-corrected chi connectivity index (χ4v) is 2.10. The molecule has 0 amide bonds. The average Bonchev–Trinajstić information content (AvgIpc) is 2.47. The highest BCUT2D eigenvalue weighted by Crippen LogP contribution is 2.22. The molecule has 0 aromatic heterocycles. The molecule has 0 aliphatic heterocycles. The fraction of sp³-hybridized carbons (Fsp3) is 0.250. The van der Waals surface area contributed by atoms with Crippen LogP contribution in [0.2, 0.25) is 5.02 Å². The second-order valence-corrected chi connectivity index (χ2v) is 4.94. The predicted octanol–water partition coefficient (Wildman–Crippen LogP) is 3.14. The summed E-state index contributed by atoms with van der Waals surface area (Å²) in [5.41, 5.74) is 1.38. The first-order chi connectivity index (χ1) is 10.2. The molecule has 2 N–H and O–H groups in total. The number of ether oxygens (including phenoxy) is 1. The Morgan fingerprint density at radius 3 is 2.76 bits per heavy atom. The zero-order chi connectivity index (χ0) is 15.1. The lowest BCUT2D eigenvalue weighted by atomic mass is 10.2. The number of aliphatic hydroxyl groups is 1. The van der Waals surface area contributed by atoms with E-state index in [-0.39, 0.29) is 19.0 Å². The van der Waals surface area contributed by atoms with E-state index in [2.05, 4.69) is 5.32 Å². The molecule has 112 valence electrons. The fourth-order valence-electron chi connectivity index (χ4n) is 1.88. The summed E-state index contributed by atoms with van der Waals surface area (Å²) in [6, 6.07) is 12.1. The molecule has 0 radical (unpaired) electrons. The summed E-state index contributed by atoms with van der Waals surface area (Å²) in [7, 11) is 0. The Morgan fingerprint density at radius 2 is 2.00 bits per heavy atom. The Bertz CT molecular complexity index is 572. The second-order valence-electron chi connectivity index (χ2n) is 4.54. The molecule has 2 aromatic carbocycles. The van der Waals surface area contributed by atoms with Gasteiger partial charge in [0.1, 0.15) is 18.2 Å². The van der Waals surface area contributed by atoms with Crippen molar-refractivity contribution >= 4 is 11.6 Å². The third kappa shape index (κ3) is 4.70. The Morgan fingerprint density at radius 1 is 1.19 bits per heavy atom. The Kier molecular flexibility index (Phi) is 5.99. The van der Waals surface area contributed by atoms with E-state index in [4.69, 9.17) is 21.4 Å². The molecule has 0 aliphatic carbocycles. The first-order valence-corrected chi connectivity index (χ1v) is 7.04. The van der Waals surface area contributed by atoms with E-state index in [0.717, 1.165) is 5.56 Å². The van der Waals surface area contributed by atoms with E-state index in [1.807, 2.05) is 24.3 Å². The van der Waals surface area contributed by atoms with Crippen LogP contribution in [-0.4, -0.2) is 18.3 Å². The number of rotatable bonds is 7. The second kappa shape index (κ2) is 7.98. The van der Waals surface area contributed by atoms with Crippen molar-refractivity contribution in [1.29, 1.82) is 0 Å². The van der Waals surface area contributed by atoms with Gasteiger partial charge < -0.3 is 15.2 Å². The molecule has 21 heavy (non-hydrogen) atoms. The Labute approximate surface area is 128 Å². The van der Waals surface area contributed by atoms with E-state index in [1.54, 1.807) is 12.1 Å². The van der Waals surface area contributed by atoms with Gasteiger partial charge in [-0.15, -0.1) is 0 Å². The molecule has 0 bridgehead atoms. The van der Waals surface area contributed by atoms with Gasteiger partial charge in [0.15, 0.2) is 0 Å². The van der Waals surface area contributed by atoms with Crippen LogP contribution in [0, 0.1) is 5.82 Å².